The summed E-state index contributed by atoms with van der Waals surface area (Å²) in [6.07, 6.45) is 0.915. The number of benzene rings is 1. The molecule has 0 saturated carbocycles. The van der Waals surface area contributed by atoms with Crippen molar-refractivity contribution in [3.05, 3.63) is 34.9 Å². The zero-order valence-corrected chi connectivity index (χ0v) is 14.5. The molecule has 2 atom stereocenters. The Kier molecular flexibility index (Phi) is 5.50. The number of amides is 1. The van der Waals surface area contributed by atoms with E-state index in [0.717, 1.165) is 5.56 Å². The summed E-state index contributed by atoms with van der Waals surface area (Å²) in [5.41, 5.74) is 1.02. The fourth-order valence-electron chi connectivity index (χ4n) is 2.97. The van der Waals surface area contributed by atoms with Gasteiger partial charge in [0, 0.05) is 24.0 Å². The molecule has 1 fully saturated rings. The van der Waals surface area contributed by atoms with Crippen molar-refractivity contribution >= 4 is 27.3 Å². The van der Waals surface area contributed by atoms with Crippen LogP contribution in [0.15, 0.2) is 24.3 Å². The molecule has 0 spiro atoms. The molecule has 4 nitrogen and oxygen atoms in total. The number of carbonyl (C=O) groups excluding carboxylic acids is 1. The molecule has 0 radical (unpaired) electrons. The average Bonchev–Trinajstić information content (AvgIpc) is 2.79. The Morgan fingerprint density at radius 2 is 2.18 bits per heavy atom. The van der Waals surface area contributed by atoms with Crippen molar-refractivity contribution in [2.75, 3.05) is 18.1 Å². The predicted molar refractivity (Wildman–Crippen MR) is 88.9 cm³/mol. The molecule has 22 heavy (non-hydrogen) atoms. The third-order valence-electron chi connectivity index (χ3n) is 4.21. The van der Waals surface area contributed by atoms with Crippen LogP contribution in [0.2, 0.25) is 5.02 Å². The number of nitrogens with zero attached hydrogens (tertiary/aromatic N) is 1. The van der Waals surface area contributed by atoms with Gasteiger partial charge in [-0.1, -0.05) is 30.7 Å². The van der Waals surface area contributed by atoms with E-state index in [4.69, 9.17) is 11.6 Å². The van der Waals surface area contributed by atoms with Crippen LogP contribution in [0.3, 0.4) is 0 Å². The Morgan fingerprint density at radius 1 is 1.45 bits per heavy atom. The lowest BCUT2D eigenvalue weighted by Crippen LogP contribution is -2.41. The predicted octanol–water partition coefficient (Wildman–Crippen LogP) is 2.87. The number of halogens is 1. The van der Waals surface area contributed by atoms with E-state index in [2.05, 4.69) is 0 Å². The molecule has 0 N–H and O–H groups in total. The molecule has 2 rings (SSSR count). The lowest BCUT2D eigenvalue weighted by Gasteiger charge is -2.28. The van der Waals surface area contributed by atoms with Crippen LogP contribution in [-0.2, 0) is 14.6 Å². The van der Waals surface area contributed by atoms with Crippen LogP contribution >= 0.6 is 11.6 Å². The Bertz CT molecular complexity index is 645. The minimum atomic E-state index is -2.98. The maximum absolute atomic E-state index is 12.5. The molecule has 6 heteroatoms. The van der Waals surface area contributed by atoms with E-state index in [1.54, 1.807) is 11.0 Å². The molecule has 1 heterocycles. The lowest BCUT2D eigenvalue weighted by atomic mass is 9.97. The molecule has 1 aliphatic heterocycles. The summed E-state index contributed by atoms with van der Waals surface area (Å²) >= 11 is 5.99. The van der Waals surface area contributed by atoms with Crippen LogP contribution in [0.4, 0.5) is 0 Å². The van der Waals surface area contributed by atoms with Gasteiger partial charge in [-0.05, 0) is 37.0 Å². The van der Waals surface area contributed by atoms with E-state index in [1.165, 1.54) is 0 Å². The molecule has 0 bridgehead atoms. The van der Waals surface area contributed by atoms with Crippen LogP contribution in [0.1, 0.15) is 38.2 Å². The zero-order chi connectivity index (χ0) is 16.3. The van der Waals surface area contributed by atoms with E-state index < -0.39 is 9.84 Å². The second-order valence-corrected chi connectivity index (χ2v) is 8.56. The lowest BCUT2D eigenvalue weighted by molar-refractivity contribution is -0.133. The van der Waals surface area contributed by atoms with E-state index in [0.29, 0.717) is 24.4 Å². The quantitative estimate of drug-likeness (QED) is 0.826. The highest BCUT2D eigenvalue weighted by molar-refractivity contribution is 7.91. The van der Waals surface area contributed by atoms with Gasteiger partial charge in [0.05, 0.1) is 11.5 Å². The van der Waals surface area contributed by atoms with Crippen LogP contribution in [-0.4, -0.2) is 43.3 Å². The van der Waals surface area contributed by atoms with Crippen molar-refractivity contribution < 1.29 is 13.2 Å². The molecular weight excluding hydrogens is 322 g/mol. The average molecular weight is 344 g/mol. The highest BCUT2D eigenvalue weighted by Gasteiger charge is 2.34. The molecular formula is C16H22ClNO3S. The van der Waals surface area contributed by atoms with E-state index in [9.17, 15) is 13.2 Å². The van der Waals surface area contributed by atoms with Gasteiger partial charge in [0.2, 0.25) is 5.91 Å². The molecule has 2 unspecified atom stereocenters. The monoisotopic (exact) mass is 343 g/mol. The van der Waals surface area contributed by atoms with Gasteiger partial charge >= 0.3 is 0 Å². The summed E-state index contributed by atoms with van der Waals surface area (Å²) in [6.45, 7) is 4.43. The number of sulfone groups is 1. The van der Waals surface area contributed by atoms with E-state index in [1.807, 2.05) is 32.0 Å². The van der Waals surface area contributed by atoms with Gasteiger partial charge in [-0.15, -0.1) is 0 Å². The van der Waals surface area contributed by atoms with E-state index in [-0.39, 0.29) is 29.4 Å². The highest BCUT2D eigenvalue weighted by Crippen LogP contribution is 2.25. The van der Waals surface area contributed by atoms with Gasteiger partial charge < -0.3 is 4.90 Å². The van der Waals surface area contributed by atoms with Crippen LogP contribution in [0.25, 0.3) is 0 Å². The second-order valence-electron chi connectivity index (χ2n) is 5.90. The van der Waals surface area contributed by atoms with Crippen molar-refractivity contribution in [3.8, 4) is 0 Å². The molecule has 1 amide bonds. The van der Waals surface area contributed by atoms with Crippen LogP contribution in [0.5, 0.6) is 0 Å². The van der Waals surface area contributed by atoms with Gasteiger partial charge in [0.25, 0.3) is 0 Å². The summed E-state index contributed by atoms with van der Waals surface area (Å²) in [5, 5.41) is 0.658. The summed E-state index contributed by atoms with van der Waals surface area (Å²) in [5.74, 6) is 0.346. The van der Waals surface area contributed by atoms with Crippen LogP contribution in [0, 0.1) is 0 Å². The summed E-state index contributed by atoms with van der Waals surface area (Å²) < 4.78 is 23.2. The van der Waals surface area contributed by atoms with Crippen LogP contribution < -0.4 is 0 Å². The first-order valence-corrected chi connectivity index (χ1v) is 9.77. The smallest absolute Gasteiger partial charge is 0.223 e. The zero-order valence-electron chi connectivity index (χ0n) is 13.0. The first-order chi connectivity index (χ1) is 10.3. The number of hydrogen-bond acceptors (Lipinski definition) is 3. The summed E-state index contributed by atoms with van der Waals surface area (Å²) in [4.78, 5) is 14.3. The number of carbonyl (C=O) groups is 1. The SMILES string of the molecule is CCN(C(=O)CC(C)c1cccc(Cl)c1)C1CCS(=O)(=O)C1. The molecule has 1 aromatic rings. The Labute approximate surface area is 137 Å². The number of hydrogen-bond donors (Lipinski definition) is 0. The third-order valence-corrected chi connectivity index (χ3v) is 6.19. The standard InChI is InChI=1S/C16H22ClNO3S/c1-3-18(15-7-8-22(20,21)11-15)16(19)9-12(2)13-5-4-6-14(17)10-13/h4-6,10,12,15H,3,7-9,11H2,1-2H3. The van der Waals surface area contributed by atoms with Gasteiger partial charge in [0.15, 0.2) is 9.84 Å². The molecule has 1 aromatic carbocycles. The largest absolute Gasteiger partial charge is 0.339 e. The molecule has 1 aliphatic rings. The molecule has 0 aromatic heterocycles. The fraction of sp³-hybridized carbons (Fsp3) is 0.562. The van der Waals surface area contributed by atoms with Gasteiger partial charge in [0.1, 0.15) is 0 Å². The Morgan fingerprint density at radius 3 is 2.73 bits per heavy atom. The summed E-state index contributed by atoms with van der Waals surface area (Å²) in [6, 6.07) is 7.34. The Hall–Kier alpha value is -1.07. The minimum absolute atomic E-state index is 0.0112. The van der Waals surface area contributed by atoms with Crippen molar-refractivity contribution in [2.45, 2.75) is 38.6 Å². The maximum Gasteiger partial charge on any atom is 0.223 e. The van der Waals surface area contributed by atoms with Crippen molar-refractivity contribution in [3.63, 3.8) is 0 Å². The van der Waals surface area contributed by atoms with E-state index >= 15 is 0 Å². The highest BCUT2D eigenvalue weighted by atomic mass is 35.5. The first-order valence-electron chi connectivity index (χ1n) is 7.57. The maximum atomic E-state index is 12.5. The molecule has 122 valence electrons. The minimum Gasteiger partial charge on any atom is -0.339 e. The van der Waals surface area contributed by atoms with Crippen molar-refractivity contribution in [1.29, 1.82) is 0 Å². The second kappa shape index (κ2) is 7.01. The Balaban J connectivity index is 2.03. The fourth-order valence-corrected chi connectivity index (χ4v) is 4.90. The van der Waals surface area contributed by atoms with Gasteiger partial charge in [-0.2, -0.15) is 0 Å². The van der Waals surface area contributed by atoms with Gasteiger partial charge in [-0.3, -0.25) is 4.79 Å². The first kappa shape index (κ1) is 17.3. The number of rotatable bonds is 5. The topological polar surface area (TPSA) is 54.5 Å². The normalized spacial score (nSPS) is 21.5. The summed E-state index contributed by atoms with van der Waals surface area (Å²) in [7, 11) is -2.98. The van der Waals surface area contributed by atoms with Crippen molar-refractivity contribution in [2.24, 2.45) is 0 Å². The van der Waals surface area contributed by atoms with Crippen molar-refractivity contribution in [1.82, 2.24) is 4.90 Å². The van der Waals surface area contributed by atoms with Gasteiger partial charge in [-0.25, -0.2) is 8.42 Å². The molecule has 0 aliphatic carbocycles. The third kappa shape index (κ3) is 4.23. The molecule has 1 saturated heterocycles.